The fourth-order valence-electron chi connectivity index (χ4n) is 9.92. The molecule has 0 radical (unpaired) electrons. The Balaban J connectivity index is 0.849. The van der Waals surface area contributed by atoms with E-state index in [0.29, 0.717) is 0 Å². The van der Waals surface area contributed by atoms with E-state index in [2.05, 4.69) is 228 Å². The summed E-state index contributed by atoms with van der Waals surface area (Å²) < 4.78 is 10.4. The minimum Gasteiger partial charge on any atom is -0.310 e. The van der Waals surface area contributed by atoms with Gasteiger partial charge in [0.25, 0.3) is 0 Å². The topological polar surface area (TPSA) is 6.48 Å². The van der Waals surface area contributed by atoms with Gasteiger partial charge in [-0.2, -0.15) is 0 Å². The van der Waals surface area contributed by atoms with Gasteiger partial charge in [0.2, 0.25) is 0 Å². The van der Waals surface area contributed by atoms with Crippen molar-refractivity contribution in [2.24, 2.45) is 0 Å². The minimum absolute atomic E-state index is 1.12. The fraction of sp³-hybridized carbons (Fsp3) is 0. The van der Waals surface area contributed by atoms with Crippen LogP contribution in [0.15, 0.2) is 218 Å². The van der Waals surface area contributed by atoms with Crippen LogP contribution in [0.5, 0.6) is 0 Å². The van der Waals surface area contributed by atoms with Crippen LogP contribution in [0.25, 0.3) is 91.8 Å². The number of rotatable bonds is 7. The molecule has 14 rings (SSSR count). The highest BCUT2D eigenvalue weighted by molar-refractivity contribution is 7.27. The van der Waals surface area contributed by atoms with Gasteiger partial charge in [-0.1, -0.05) is 121 Å². The number of hydrogen-bond donors (Lipinski definition) is 0. The molecule has 6 heteroatoms. The third kappa shape index (κ3) is 6.18. The molecule has 0 fully saturated rings. The van der Waals surface area contributed by atoms with E-state index in [9.17, 15) is 0 Å². The summed E-state index contributed by atoms with van der Waals surface area (Å²) in [6, 6.07) is 81.0. The summed E-state index contributed by atoms with van der Waals surface area (Å²) in [7, 11) is 0. The Morgan fingerprint density at radius 3 is 0.697 bits per heavy atom. The van der Waals surface area contributed by atoms with Crippen LogP contribution in [-0.4, -0.2) is 0 Å². The smallest absolute Gasteiger partial charge is 0.0476 e. The van der Waals surface area contributed by atoms with Gasteiger partial charge in [-0.05, 0) is 108 Å². The second-order valence-corrected chi connectivity index (χ2v) is 21.2. The van der Waals surface area contributed by atoms with Gasteiger partial charge >= 0.3 is 0 Å². The van der Waals surface area contributed by atoms with E-state index in [-0.39, 0.29) is 0 Å². The van der Waals surface area contributed by atoms with Crippen molar-refractivity contribution in [3.8, 4) is 11.1 Å². The number of thiophene rings is 4. The number of hydrogen-bond acceptors (Lipinski definition) is 6. The monoisotopic (exact) mass is 912 g/mol. The van der Waals surface area contributed by atoms with Crippen LogP contribution in [0.2, 0.25) is 0 Å². The Labute approximate surface area is 396 Å². The van der Waals surface area contributed by atoms with E-state index in [1.54, 1.807) is 0 Å². The maximum Gasteiger partial charge on any atom is 0.0476 e. The average Bonchev–Trinajstić information content (AvgIpc) is 4.14. The summed E-state index contributed by atoms with van der Waals surface area (Å²) in [5, 5.41) is 10.5. The van der Waals surface area contributed by atoms with Crippen LogP contribution >= 0.6 is 45.3 Å². The zero-order valence-corrected chi connectivity index (χ0v) is 38.6. The molecule has 0 aliphatic carbocycles. The van der Waals surface area contributed by atoms with Crippen molar-refractivity contribution in [3.05, 3.63) is 218 Å². The Kier molecular flexibility index (Phi) is 8.71. The predicted molar refractivity (Wildman–Crippen MR) is 293 cm³/mol. The van der Waals surface area contributed by atoms with Crippen LogP contribution in [0.3, 0.4) is 0 Å². The minimum atomic E-state index is 1.12. The summed E-state index contributed by atoms with van der Waals surface area (Å²) in [4.78, 5) is 4.83. The second kappa shape index (κ2) is 15.1. The Morgan fingerprint density at radius 2 is 0.424 bits per heavy atom. The van der Waals surface area contributed by atoms with Gasteiger partial charge in [-0.3, -0.25) is 0 Å². The maximum absolute atomic E-state index is 2.42. The van der Waals surface area contributed by atoms with Crippen LogP contribution in [-0.2, 0) is 0 Å². The predicted octanol–water partition coefficient (Wildman–Crippen LogP) is 19.8. The maximum atomic E-state index is 2.42. The molecular formula is C60H36N2S4. The zero-order chi connectivity index (χ0) is 43.3. The van der Waals surface area contributed by atoms with Gasteiger partial charge in [0.05, 0.1) is 0 Å². The first kappa shape index (κ1) is 38.0. The first-order valence-electron chi connectivity index (χ1n) is 22.1. The molecule has 2 nitrogen and oxygen atoms in total. The normalized spacial score (nSPS) is 11.9. The van der Waals surface area contributed by atoms with Gasteiger partial charge in [0.1, 0.15) is 0 Å². The number of nitrogens with zero attached hydrogens (tertiary/aromatic N) is 2. The Bertz CT molecular complexity index is 3690. The molecular weight excluding hydrogens is 877 g/mol. The summed E-state index contributed by atoms with van der Waals surface area (Å²) in [6.07, 6.45) is 0. The van der Waals surface area contributed by atoms with Crippen LogP contribution in [0, 0.1) is 0 Å². The molecule has 0 atom stereocenters. The molecule has 0 spiro atoms. The summed E-state index contributed by atoms with van der Waals surface area (Å²) in [5.74, 6) is 0. The van der Waals surface area contributed by atoms with Crippen LogP contribution in [0.1, 0.15) is 0 Å². The lowest BCUT2D eigenvalue weighted by Crippen LogP contribution is -2.10. The van der Waals surface area contributed by atoms with E-state index in [1.807, 2.05) is 45.3 Å². The molecule has 0 aliphatic rings. The molecule has 0 amide bonds. The van der Waals surface area contributed by atoms with Gasteiger partial charge in [0.15, 0.2) is 0 Å². The summed E-state index contributed by atoms with van der Waals surface area (Å²) in [6.45, 7) is 0. The lowest BCUT2D eigenvalue weighted by atomic mass is 10.0. The van der Waals surface area contributed by atoms with Crippen molar-refractivity contribution in [1.82, 2.24) is 0 Å². The quantitative estimate of drug-likeness (QED) is 0.157. The third-order valence-corrected chi connectivity index (χ3v) is 17.6. The number of anilines is 6. The van der Waals surface area contributed by atoms with Gasteiger partial charge in [-0.25, -0.2) is 0 Å². The molecule has 0 aliphatic heterocycles. The summed E-state index contributed by atoms with van der Waals surface area (Å²) >= 11 is 7.46. The van der Waals surface area contributed by atoms with Crippen molar-refractivity contribution in [1.29, 1.82) is 0 Å². The Morgan fingerprint density at radius 1 is 0.197 bits per heavy atom. The van der Waals surface area contributed by atoms with E-state index in [0.717, 1.165) is 34.1 Å². The van der Waals surface area contributed by atoms with E-state index < -0.39 is 0 Å². The van der Waals surface area contributed by atoms with Crippen molar-refractivity contribution < 1.29 is 0 Å². The highest BCUT2D eigenvalue weighted by Gasteiger charge is 2.19. The van der Waals surface area contributed by atoms with E-state index >= 15 is 0 Å². The summed E-state index contributed by atoms with van der Waals surface area (Å²) in [5.41, 5.74) is 9.18. The standard InChI is InChI=1S/C60H36N2S4/c1-5-13-53-45(9-1)49-29-25-41(33-57(49)63-53)61(42-26-30-50-46-10-2-6-14-54(46)64-58(50)34-42)39-21-17-37(18-22-39)38-19-23-40(24-20-38)62(43-27-31-51-47-11-3-7-15-55(47)65-59(51)35-43)44-28-32-52-48-12-4-8-16-56(48)66-60(52)36-44/h1-36H. The molecule has 66 heavy (non-hydrogen) atoms. The van der Waals surface area contributed by atoms with Gasteiger partial charge < -0.3 is 9.80 Å². The molecule has 310 valence electrons. The van der Waals surface area contributed by atoms with Crippen LogP contribution < -0.4 is 9.80 Å². The zero-order valence-electron chi connectivity index (χ0n) is 35.3. The Hall–Kier alpha value is -7.32. The lowest BCUT2D eigenvalue weighted by molar-refractivity contribution is 1.29. The van der Waals surface area contributed by atoms with Crippen molar-refractivity contribution in [2.45, 2.75) is 0 Å². The van der Waals surface area contributed by atoms with E-state index in [4.69, 9.17) is 0 Å². The highest BCUT2D eigenvalue weighted by Crippen LogP contribution is 2.46. The first-order chi connectivity index (χ1) is 32.7. The average molecular weight is 913 g/mol. The SMILES string of the molecule is c1ccc2c(c1)sc1cc(N(c3ccc(-c4ccc(N(c5ccc6c(c5)sc5ccccc56)c5ccc6c(c5)sc5ccccc56)cc4)cc3)c3ccc4c(c3)sc3ccccc34)ccc12. The molecule has 4 heterocycles. The van der Waals surface area contributed by atoms with Crippen molar-refractivity contribution in [2.75, 3.05) is 9.80 Å². The number of fused-ring (bicyclic) bond motifs is 12. The van der Waals surface area contributed by atoms with Crippen molar-refractivity contribution >= 4 is 160 Å². The molecule has 0 N–H and O–H groups in total. The van der Waals surface area contributed by atoms with Crippen LogP contribution in [0.4, 0.5) is 34.1 Å². The number of benzene rings is 10. The largest absolute Gasteiger partial charge is 0.310 e. The molecule has 10 aromatic carbocycles. The van der Waals surface area contributed by atoms with Gasteiger partial charge in [-0.15, -0.1) is 45.3 Å². The molecule has 0 saturated heterocycles. The van der Waals surface area contributed by atoms with Crippen molar-refractivity contribution in [3.63, 3.8) is 0 Å². The van der Waals surface area contributed by atoms with E-state index in [1.165, 1.54) is 91.8 Å². The second-order valence-electron chi connectivity index (χ2n) is 16.9. The first-order valence-corrected chi connectivity index (χ1v) is 25.4. The molecule has 14 aromatic rings. The molecule has 0 unspecified atom stereocenters. The highest BCUT2D eigenvalue weighted by atomic mass is 32.1. The fourth-order valence-corrected chi connectivity index (χ4v) is 14.5. The third-order valence-electron chi connectivity index (χ3n) is 13.1. The molecule has 0 bridgehead atoms. The van der Waals surface area contributed by atoms with Gasteiger partial charge in [0, 0.05) is 115 Å². The molecule has 0 saturated carbocycles. The molecule has 4 aromatic heterocycles. The lowest BCUT2D eigenvalue weighted by Gasteiger charge is -2.26.